The molecule has 1 aromatic rings. The number of benzene rings is 1. The van der Waals surface area contributed by atoms with Crippen LogP contribution in [0.3, 0.4) is 0 Å². The maximum Gasteiger partial charge on any atom is 0.155 e. The van der Waals surface area contributed by atoms with Crippen LogP contribution in [0.15, 0.2) is 17.7 Å². The molecule has 3 nitrogen and oxygen atoms in total. The van der Waals surface area contributed by atoms with Crippen LogP contribution in [0.25, 0.3) is 6.08 Å². The van der Waals surface area contributed by atoms with Crippen LogP contribution in [0.2, 0.25) is 0 Å². The Morgan fingerprint density at radius 3 is 2.78 bits per heavy atom. The third-order valence-corrected chi connectivity index (χ3v) is 3.18. The second kappa shape index (κ2) is 4.84. The molecule has 1 unspecified atom stereocenters. The fraction of sp³-hybridized carbons (Fsp3) is 0.400. The lowest BCUT2D eigenvalue weighted by atomic mass is 10.0. The van der Waals surface area contributed by atoms with Gasteiger partial charge < -0.3 is 9.47 Å². The van der Waals surface area contributed by atoms with Gasteiger partial charge in [0.2, 0.25) is 0 Å². The average molecular weight is 246 g/mol. The summed E-state index contributed by atoms with van der Waals surface area (Å²) in [5, 5.41) is 0. The molecule has 96 valence electrons. The first kappa shape index (κ1) is 12.7. The molecule has 0 N–H and O–H groups in total. The van der Waals surface area contributed by atoms with Gasteiger partial charge in [0.05, 0.1) is 7.11 Å². The van der Waals surface area contributed by atoms with Crippen molar-refractivity contribution in [2.24, 2.45) is 0 Å². The SMILES string of the molecule is COc1cc2c(cc1/C=C(/C)C(C)=O)OC(C)C2. The highest BCUT2D eigenvalue weighted by molar-refractivity contribution is 5.97. The number of methoxy groups -OCH3 is 1. The molecule has 0 aromatic heterocycles. The van der Waals surface area contributed by atoms with Crippen molar-refractivity contribution in [2.75, 3.05) is 7.11 Å². The summed E-state index contributed by atoms with van der Waals surface area (Å²) in [4.78, 5) is 11.3. The Bertz CT molecular complexity index is 515. The Labute approximate surface area is 107 Å². The van der Waals surface area contributed by atoms with Gasteiger partial charge in [-0.2, -0.15) is 0 Å². The van der Waals surface area contributed by atoms with Crippen LogP contribution in [0.1, 0.15) is 31.9 Å². The molecule has 0 bridgehead atoms. The van der Waals surface area contributed by atoms with Crippen molar-refractivity contribution in [1.82, 2.24) is 0 Å². The van der Waals surface area contributed by atoms with Crippen LogP contribution in [-0.2, 0) is 11.2 Å². The number of hydrogen-bond donors (Lipinski definition) is 0. The largest absolute Gasteiger partial charge is 0.496 e. The first-order valence-electron chi connectivity index (χ1n) is 6.08. The number of ketones is 1. The predicted octanol–water partition coefficient (Wildman–Crippen LogP) is 3.01. The molecule has 1 atom stereocenters. The van der Waals surface area contributed by atoms with Crippen molar-refractivity contribution in [3.63, 3.8) is 0 Å². The van der Waals surface area contributed by atoms with E-state index in [1.807, 2.05) is 25.1 Å². The van der Waals surface area contributed by atoms with Crippen LogP contribution < -0.4 is 9.47 Å². The number of ether oxygens (including phenoxy) is 2. The zero-order chi connectivity index (χ0) is 13.3. The van der Waals surface area contributed by atoms with Crippen molar-refractivity contribution < 1.29 is 14.3 Å². The Morgan fingerprint density at radius 1 is 1.44 bits per heavy atom. The van der Waals surface area contributed by atoms with Crippen molar-refractivity contribution in [2.45, 2.75) is 33.3 Å². The van der Waals surface area contributed by atoms with Gasteiger partial charge in [-0.1, -0.05) is 0 Å². The van der Waals surface area contributed by atoms with Crippen molar-refractivity contribution in [3.8, 4) is 11.5 Å². The van der Waals surface area contributed by atoms with Crippen LogP contribution in [0, 0.1) is 0 Å². The minimum absolute atomic E-state index is 0.0619. The van der Waals surface area contributed by atoms with Gasteiger partial charge in [-0.05, 0) is 44.6 Å². The van der Waals surface area contributed by atoms with E-state index in [0.717, 1.165) is 29.0 Å². The molecule has 0 fully saturated rings. The highest BCUT2D eigenvalue weighted by Gasteiger charge is 2.21. The quantitative estimate of drug-likeness (QED) is 0.769. The van der Waals surface area contributed by atoms with Gasteiger partial charge in [0.1, 0.15) is 17.6 Å². The van der Waals surface area contributed by atoms with E-state index in [9.17, 15) is 4.79 Å². The summed E-state index contributed by atoms with van der Waals surface area (Å²) in [5.74, 6) is 1.74. The molecular weight excluding hydrogens is 228 g/mol. The maximum absolute atomic E-state index is 11.3. The van der Waals surface area contributed by atoms with E-state index in [1.54, 1.807) is 21.0 Å². The highest BCUT2D eigenvalue weighted by atomic mass is 16.5. The number of carbonyl (C=O) groups is 1. The second-order valence-electron chi connectivity index (χ2n) is 4.72. The summed E-state index contributed by atoms with van der Waals surface area (Å²) >= 11 is 0. The van der Waals surface area contributed by atoms with Gasteiger partial charge in [0, 0.05) is 17.5 Å². The Hall–Kier alpha value is -1.77. The molecule has 1 aromatic carbocycles. The summed E-state index contributed by atoms with van der Waals surface area (Å²) in [5.41, 5.74) is 2.76. The van der Waals surface area contributed by atoms with Crippen LogP contribution in [0.4, 0.5) is 0 Å². The topological polar surface area (TPSA) is 35.5 Å². The Morgan fingerprint density at radius 2 is 2.17 bits per heavy atom. The first-order chi connectivity index (χ1) is 8.51. The van der Waals surface area contributed by atoms with Crippen LogP contribution in [0.5, 0.6) is 11.5 Å². The average Bonchev–Trinajstić information content (AvgIpc) is 2.66. The number of fused-ring (bicyclic) bond motifs is 1. The zero-order valence-electron chi connectivity index (χ0n) is 11.2. The summed E-state index contributed by atoms with van der Waals surface area (Å²) < 4.78 is 11.1. The van der Waals surface area contributed by atoms with Crippen molar-refractivity contribution in [1.29, 1.82) is 0 Å². The van der Waals surface area contributed by atoms with Crippen LogP contribution >= 0.6 is 0 Å². The number of Topliss-reactive ketones (excluding diaryl/α,β-unsaturated/α-hetero) is 1. The minimum atomic E-state index is 0.0619. The normalized spacial score (nSPS) is 18.2. The summed E-state index contributed by atoms with van der Waals surface area (Å²) in [7, 11) is 1.64. The molecular formula is C15H18O3. The molecule has 1 aliphatic heterocycles. The van der Waals surface area contributed by atoms with Gasteiger partial charge >= 0.3 is 0 Å². The monoisotopic (exact) mass is 246 g/mol. The van der Waals surface area contributed by atoms with Gasteiger partial charge in [-0.15, -0.1) is 0 Å². The third-order valence-electron chi connectivity index (χ3n) is 3.18. The van der Waals surface area contributed by atoms with Gasteiger partial charge in [0.15, 0.2) is 5.78 Å². The van der Waals surface area contributed by atoms with E-state index in [2.05, 4.69) is 0 Å². The summed E-state index contributed by atoms with van der Waals surface area (Å²) in [6.07, 6.45) is 2.95. The fourth-order valence-corrected chi connectivity index (χ4v) is 2.08. The number of allylic oxidation sites excluding steroid dienone is 1. The van der Waals surface area contributed by atoms with E-state index < -0.39 is 0 Å². The standard InChI is InChI=1S/C15H18O3/c1-9(11(3)16)5-12-8-15-13(6-10(2)18-15)7-14(12)17-4/h5,7-8,10H,6H2,1-4H3/b9-5-. The predicted molar refractivity (Wildman–Crippen MR) is 71.1 cm³/mol. The maximum atomic E-state index is 11.3. The van der Waals surface area contributed by atoms with E-state index >= 15 is 0 Å². The molecule has 18 heavy (non-hydrogen) atoms. The fourth-order valence-electron chi connectivity index (χ4n) is 2.08. The molecule has 2 rings (SSSR count). The minimum Gasteiger partial charge on any atom is -0.496 e. The van der Waals surface area contributed by atoms with Crippen molar-refractivity contribution in [3.05, 3.63) is 28.8 Å². The van der Waals surface area contributed by atoms with Crippen LogP contribution in [-0.4, -0.2) is 19.0 Å². The smallest absolute Gasteiger partial charge is 0.155 e. The Kier molecular flexibility index (Phi) is 3.41. The lowest BCUT2D eigenvalue weighted by Gasteiger charge is -2.09. The third kappa shape index (κ3) is 2.40. The molecule has 1 heterocycles. The number of hydrogen-bond acceptors (Lipinski definition) is 3. The first-order valence-corrected chi connectivity index (χ1v) is 6.08. The van der Waals surface area contributed by atoms with E-state index in [0.29, 0.717) is 5.57 Å². The number of carbonyl (C=O) groups excluding carboxylic acids is 1. The molecule has 0 aliphatic carbocycles. The molecule has 0 saturated heterocycles. The molecule has 3 heteroatoms. The zero-order valence-corrected chi connectivity index (χ0v) is 11.2. The van der Waals surface area contributed by atoms with Gasteiger partial charge in [-0.25, -0.2) is 0 Å². The Balaban J connectivity index is 2.45. The summed E-state index contributed by atoms with van der Waals surface area (Å²) in [6, 6.07) is 3.95. The summed E-state index contributed by atoms with van der Waals surface area (Å²) in [6.45, 7) is 5.41. The van der Waals surface area contributed by atoms with E-state index in [1.165, 1.54) is 0 Å². The van der Waals surface area contributed by atoms with E-state index in [-0.39, 0.29) is 11.9 Å². The van der Waals surface area contributed by atoms with Crippen molar-refractivity contribution >= 4 is 11.9 Å². The molecule has 0 spiro atoms. The lowest BCUT2D eigenvalue weighted by Crippen LogP contribution is -2.05. The van der Waals surface area contributed by atoms with E-state index in [4.69, 9.17) is 9.47 Å². The number of rotatable bonds is 3. The van der Waals surface area contributed by atoms with Gasteiger partial charge in [-0.3, -0.25) is 4.79 Å². The lowest BCUT2D eigenvalue weighted by molar-refractivity contribution is -0.113. The molecule has 0 radical (unpaired) electrons. The highest BCUT2D eigenvalue weighted by Crippen LogP contribution is 2.35. The molecule has 1 aliphatic rings. The van der Waals surface area contributed by atoms with Gasteiger partial charge in [0.25, 0.3) is 0 Å². The second-order valence-corrected chi connectivity index (χ2v) is 4.72. The molecule has 0 saturated carbocycles. The molecule has 0 amide bonds.